The molecule has 20 heavy (non-hydrogen) atoms. The molecule has 1 aromatic rings. The molecule has 1 amide bonds. The Bertz CT molecular complexity index is 471. The Morgan fingerprint density at radius 3 is 2.95 bits per heavy atom. The van der Waals surface area contributed by atoms with Gasteiger partial charge in [0.05, 0.1) is 6.61 Å². The standard InChI is InChI=1S/C16H22N2O2/c19-16(18-13-5-6-13)7-9-17-11-12-8-10-20-15-4-2-1-3-14(12)15/h1-4,12-13,17H,5-11H2,(H,18,19). The van der Waals surface area contributed by atoms with E-state index in [0.29, 0.717) is 18.4 Å². The number of ether oxygens (including phenoxy) is 1. The molecular weight excluding hydrogens is 252 g/mol. The minimum atomic E-state index is 0.173. The van der Waals surface area contributed by atoms with Crippen LogP contribution in [-0.4, -0.2) is 31.6 Å². The third kappa shape index (κ3) is 3.51. The molecule has 2 aliphatic rings. The minimum absolute atomic E-state index is 0.173. The van der Waals surface area contributed by atoms with E-state index in [0.717, 1.165) is 44.7 Å². The Kier molecular flexibility index (Phi) is 4.21. The molecule has 1 heterocycles. The number of hydrogen-bond donors (Lipinski definition) is 2. The van der Waals surface area contributed by atoms with Crippen LogP contribution in [-0.2, 0) is 4.79 Å². The summed E-state index contributed by atoms with van der Waals surface area (Å²) in [6.45, 7) is 2.45. The smallest absolute Gasteiger partial charge is 0.221 e. The minimum Gasteiger partial charge on any atom is -0.493 e. The third-order valence-corrected chi connectivity index (χ3v) is 3.94. The summed E-state index contributed by atoms with van der Waals surface area (Å²) in [5.74, 6) is 1.68. The molecule has 1 aliphatic carbocycles. The highest BCUT2D eigenvalue weighted by molar-refractivity contribution is 5.76. The molecule has 2 N–H and O–H groups in total. The first-order valence-electron chi connectivity index (χ1n) is 7.55. The fourth-order valence-corrected chi connectivity index (χ4v) is 2.63. The highest BCUT2D eigenvalue weighted by Gasteiger charge is 2.23. The highest BCUT2D eigenvalue weighted by atomic mass is 16.5. The molecule has 0 bridgehead atoms. The van der Waals surface area contributed by atoms with Crippen molar-refractivity contribution in [3.63, 3.8) is 0 Å². The summed E-state index contributed by atoms with van der Waals surface area (Å²) in [4.78, 5) is 11.6. The van der Waals surface area contributed by atoms with Crippen LogP contribution in [0.15, 0.2) is 24.3 Å². The van der Waals surface area contributed by atoms with E-state index in [9.17, 15) is 4.79 Å². The summed E-state index contributed by atoms with van der Waals surface area (Å²) in [6.07, 6.45) is 3.91. The van der Waals surface area contributed by atoms with E-state index < -0.39 is 0 Å². The van der Waals surface area contributed by atoms with Gasteiger partial charge < -0.3 is 15.4 Å². The van der Waals surface area contributed by atoms with Crippen LogP contribution in [0.1, 0.15) is 37.2 Å². The van der Waals surface area contributed by atoms with E-state index in [1.807, 2.05) is 12.1 Å². The van der Waals surface area contributed by atoms with Gasteiger partial charge in [0.15, 0.2) is 0 Å². The van der Waals surface area contributed by atoms with Crippen LogP contribution in [0.4, 0.5) is 0 Å². The zero-order valence-electron chi connectivity index (χ0n) is 11.7. The number of carbonyl (C=O) groups is 1. The predicted octanol–water partition coefficient (Wildman–Crippen LogP) is 1.81. The Labute approximate surface area is 119 Å². The van der Waals surface area contributed by atoms with Gasteiger partial charge in [-0.25, -0.2) is 0 Å². The number of carbonyl (C=O) groups excluding carboxylic acids is 1. The van der Waals surface area contributed by atoms with Crippen molar-refractivity contribution < 1.29 is 9.53 Å². The molecule has 1 saturated carbocycles. The average molecular weight is 274 g/mol. The van der Waals surface area contributed by atoms with Crippen LogP contribution in [0.3, 0.4) is 0 Å². The zero-order chi connectivity index (χ0) is 13.8. The van der Waals surface area contributed by atoms with Gasteiger partial charge in [0.1, 0.15) is 5.75 Å². The number of para-hydroxylation sites is 1. The highest BCUT2D eigenvalue weighted by Crippen LogP contribution is 2.32. The van der Waals surface area contributed by atoms with Crippen molar-refractivity contribution in [2.75, 3.05) is 19.7 Å². The molecule has 0 aromatic heterocycles. The van der Waals surface area contributed by atoms with Gasteiger partial charge in [0.25, 0.3) is 0 Å². The van der Waals surface area contributed by atoms with Crippen molar-refractivity contribution in [3.8, 4) is 5.75 Å². The Hall–Kier alpha value is -1.55. The SMILES string of the molecule is O=C(CCNCC1CCOc2ccccc21)NC1CC1. The number of amides is 1. The molecule has 1 fully saturated rings. The van der Waals surface area contributed by atoms with Crippen molar-refractivity contribution in [2.24, 2.45) is 0 Å². The first kappa shape index (κ1) is 13.4. The lowest BCUT2D eigenvalue weighted by Crippen LogP contribution is -2.31. The predicted molar refractivity (Wildman–Crippen MR) is 77.9 cm³/mol. The topological polar surface area (TPSA) is 50.4 Å². The maximum absolute atomic E-state index is 11.6. The Morgan fingerprint density at radius 1 is 1.25 bits per heavy atom. The van der Waals surface area contributed by atoms with Gasteiger partial charge in [-0.1, -0.05) is 18.2 Å². The van der Waals surface area contributed by atoms with E-state index in [1.54, 1.807) is 0 Å². The molecule has 108 valence electrons. The summed E-state index contributed by atoms with van der Waals surface area (Å²) in [7, 11) is 0. The summed E-state index contributed by atoms with van der Waals surface area (Å²) in [5, 5.41) is 6.41. The first-order chi connectivity index (χ1) is 9.83. The quantitative estimate of drug-likeness (QED) is 0.778. The average Bonchev–Trinajstić information content (AvgIpc) is 3.27. The number of hydrogen-bond acceptors (Lipinski definition) is 3. The fourth-order valence-electron chi connectivity index (χ4n) is 2.63. The van der Waals surface area contributed by atoms with E-state index in [-0.39, 0.29) is 5.91 Å². The van der Waals surface area contributed by atoms with Gasteiger partial charge in [-0.3, -0.25) is 4.79 Å². The third-order valence-electron chi connectivity index (χ3n) is 3.94. The lowest BCUT2D eigenvalue weighted by Gasteiger charge is -2.26. The molecule has 4 heteroatoms. The summed E-state index contributed by atoms with van der Waals surface area (Å²) in [6, 6.07) is 8.70. The number of rotatable bonds is 6. The van der Waals surface area contributed by atoms with E-state index >= 15 is 0 Å². The van der Waals surface area contributed by atoms with Crippen molar-refractivity contribution >= 4 is 5.91 Å². The van der Waals surface area contributed by atoms with Gasteiger partial charge in [-0.2, -0.15) is 0 Å². The Morgan fingerprint density at radius 2 is 2.10 bits per heavy atom. The zero-order valence-corrected chi connectivity index (χ0v) is 11.7. The van der Waals surface area contributed by atoms with Crippen LogP contribution >= 0.6 is 0 Å². The van der Waals surface area contributed by atoms with Crippen molar-refractivity contribution in [2.45, 2.75) is 37.6 Å². The van der Waals surface area contributed by atoms with E-state index in [2.05, 4.69) is 22.8 Å². The molecule has 1 aromatic carbocycles. The molecule has 0 saturated heterocycles. The largest absolute Gasteiger partial charge is 0.493 e. The molecular formula is C16H22N2O2. The molecule has 1 atom stereocenters. The maximum Gasteiger partial charge on any atom is 0.221 e. The van der Waals surface area contributed by atoms with Crippen molar-refractivity contribution in [1.29, 1.82) is 0 Å². The second kappa shape index (κ2) is 6.27. The van der Waals surface area contributed by atoms with Crippen molar-refractivity contribution in [3.05, 3.63) is 29.8 Å². The fraction of sp³-hybridized carbons (Fsp3) is 0.562. The van der Waals surface area contributed by atoms with Gasteiger partial charge >= 0.3 is 0 Å². The van der Waals surface area contributed by atoms with Crippen molar-refractivity contribution in [1.82, 2.24) is 10.6 Å². The molecule has 1 unspecified atom stereocenters. The van der Waals surface area contributed by atoms with Gasteiger partial charge in [-0.05, 0) is 30.9 Å². The summed E-state index contributed by atoms with van der Waals surface area (Å²) >= 11 is 0. The number of nitrogens with one attached hydrogen (secondary N) is 2. The lowest BCUT2D eigenvalue weighted by atomic mass is 9.93. The van der Waals surface area contributed by atoms with Crippen LogP contribution in [0, 0.1) is 0 Å². The molecule has 0 radical (unpaired) electrons. The molecule has 3 rings (SSSR count). The lowest BCUT2D eigenvalue weighted by molar-refractivity contribution is -0.121. The molecule has 1 aliphatic heterocycles. The van der Waals surface area contributed by atoms with E-state index in [4.69, 9.17) is 4.74 Å². The van der Waals surface area contributed by atoms with E-state index in [1.165, 1.54) is 5.56 Å². The van der Waals surface area contributed by atoms with Crippen LogP contribution in [0.25, 0.3) is 0 Å². The van der Waals surface area contributed by atoms with Gasteiger partial charge in [-0.15, -0.1) is 0 Å². The summed E-state index contributed by atoms with van der Waals surface area (Å²) in [5.41, 5.74) is 1.29. The second-order valence-electron chi connectivity index (χ2n) is 5.67. The molecule has 4 nitrogen and oxygen atoms in total. The first-order valence-corrected chi connectivity index (χ1v) is 7.55. The van der Waals surface area contributed by atoms with Gasteiger partial charge in [0, 0.05) is 31.5 Å². The van der Waals surface area contributed by atoms with Crippen LogP contribution < -0.4 is 15.4 Å². The molecule has 0 spiro atoms. The monoisotopic (exact) mass is 274 g/mol. The number of fused-ring (bicyclic) bond motifs is 1. The maximum atomic E-state index is 11.6. The normalized spacial score (nSPS) is 20.9. The second-order valence-corrected chi connectivity index (χ2v) is 5.67. The van der Waals surface area contributed by atoms with Crippen LogP contribution in [0.2, 0.25) is 0 Å². The van der Waals surface area contributed by atoms with Crippen LogP contribution in [0.5, 0.6) is 5.75 Å². The number of benzene rings is 1. The van der Waals surface area contributed by atoms with Gasteiger partial charge in [0.2, 0.25) is 5.91 Å². The Balaban J connectivity index is 1.41. The summed E-state index contributed by atoms with van der Waals surface area (Å²) < 4.78 is 5.66.